The Morgan fingerprint density at radius 1 is 0.926 bits per heavy atom. The second-order valence-corrected chi connectivity index (χ2v) is 6.19. The van der Waals surface area contributed by atoms with Crippen LogP contribution < -0.4 is 4.74 Å². The van der Waals surface area contributed by atoms with E-state index in [0.717, 1.165) is 5.75 Å². The van der Waals surface area contributed by atoms with Gasteiger partial charge in [-0.15, -0.1) is 0 Å². The lowest BCUT2D eigenvalue weighted by Crippen LogP contribution is -2.12. The molecule has 0 saturated heterocycles. The van der Waals surface area contributed by atoms with Crippen LogP contribution in [0.3, 0.4) is 0 Å². The number of carbonyl (C=O) groups is 2. The predicted molar refractivity (Wildman–Crippen MR) is 105 cm³/mol. The van der Waals surface area contributed by atoms with Gasteiger partial charge in [0.15, 0.2) is 5.78 Å². The molecule has 0 amide bonds. The Labute approximate surface area is 160 Å². The molecule has 0 bridgehead atoms. The van der Waals surface area contributed by atoms with Crippen molar-refractivity contribution < 1.29 is 19.1 Å². The number of allylic oxidation sites excluding steroid dienone is 1. The van der Waals surface area contributed by atoms with E-state index in [4.69, 9.17) is 9.47 Å². The highest BCUT2D eigenvalue weighted by molar-refractivity contribution is 6.08. The number of Topliss-reactive ketones (excluding diaryl/α,β-unsaturated/α-hetero) is 1. The van der Waals surface area contributed by atoms with Gasteiger partial charge in [0.2, 0.25) is 0 Å². The Balaban J connectivity index is 2.09. The molecule has 142 valence electrons. The number of hydrogen-bond donors (Lipinski definition) is 0. The number of carbonyl (C=O) groups excluding carboxylic acids is 2. The standard InChI is InChI=1S/C22H25NO4/c1-4-26-21(24)15-12-18(16-23(2)3)22(25)17-10-13-20(14-11-17)27-19-8-6-5-7-9-19/h5-11,13-14,16H,4,12,15H2,1-3H3/b18-16+. The van der Waals surface area contributed by atoms with E-state index >= 15 is 0 Å². The third-order valence-electron chi connectivity index (χ3n) is 3.70. The minimum atomic E-state index is -0.304. The number of nitrogens with zero attached hydrogens (tertiary/aromatic N) is 1. The highest BCUT2D eigenvalue weighted by atomic mass is 16.5. The van der Waals surface area contributed by atoms with Crippen LogP contribution in [0.15, 0.2) is 66.4 Å². The third kappa shape index (κ3) is 6.62. The van der Waals surface area contributed by atoms with Crippen LogP contribution in [0.2, 0.25) is 0 Å². The second kappa shape index (κ2) is 10.2. The average molecular weight is 367 g/mol. The lowest BCUT2D eigenvalue weighted by molar-refractivity contribution is -0.143. The van der Waals surface area contributed by atoms with E-state index in [1.807, 2.05) is 44.4 Å². The van der Waals surface area contributed by atoms with Crippen LogP contribution in [0.25, 0.3) is 0 Å². The molecule has 0 fully saturated rings. The Hall–Kier alpha value is -3.08. The highest BCUT2D eigenvalue weighted by Crippen LogP contribution is 2.23. The van der Waals surface area contributed by atoms with E-state index in [1.165, 1.54) is 0 Å². The van der Waals surface area contributed by atoms with Gasteiger partial charge in [-0.1, -0.05) is 18.2 Å². The molecule has 0 aliphatic rings. The van der Waals surface area contributed by atoms with Crippen molar-refractivity contribution >= 4 is 11.8 Å². The van der Waals surface area contributed by atoms with E-state index in [1.54, 1.807) is 42.3 Å². The summed E-state index contributed by atoms with van der Waals surface area (Å²) in [4.78, 5) is 26.2. The van der Waals surface area contributed by atoms with Crippen LogP contribution in [-0.4, -0.2) is 37.4 Å². The van der Waals surface area contributed by atoms with Crippen LogP contribution in [0.4, 0.5) is 0 Å². The predicted octanol–water partition coefficient (Wildman–Crippen LogP) is 4.45. The molecule has 0 aliphatic carbocycles. The first-order chi connectivity index (χ1) is 13.0. The Morgan fingerprint density at radius 3 is 2.15 bits per heavy atom. The number of rotatable bonds is 9. The summed E-state index contributed by atoms with van der Waals surface area (Å²) in [5.74, 6) is 0.974. The molecule has 0 unspecified atom stereocenters. The van der Waals surface area contributed by atoms with Gasteiger partial charge in [-0.3, -0.25) is 9.59 Å². The quantitative estimate of drug-likeness (QED) is 0.372. The molecule has 5 nitrogen and oxygen atoms in total. The molecule has 0 aliphatic heterocycles. The van der Waals surface area contributed by atoms with Gasteiger partial charge in [0.25, 0.3) is 0 Å². The summed E-state index contributed by atoms with van der Waals surface area (Å²) in [6.45, 7) is 2.10. The van der Waals surface area contributed by atoms with Crippen LogP contribution >= 0.6 is 0 Å². The van der Waals surface area contributed by atoms with Crippen molar-refractivity contribution in [3.63, 3.8) is 0 Å². The molecule has 5 heteroatoms. The zero-order valence-electron chi connectivity index (χ0n) is 16.0. The van der Waals surface area contributed by atoms with Crippen LogP contribution in [0, 0.1) is 0 Å². The molecular formula is C22H25NO4. The van der Waals surface area contributed by atoms with E-state index in [9.17, 15) is 9.59 Å². The smallest absolute Gasteiger partial charge is 0.306 e. The molecule has 0 radical (unpaired) electrons. The second-order valence-electron chi connectivity index (χ2n) is 6.19. The number of ketones is 1. The summed E-state index contributed by atoms with van der Waals surface area (Å²) in [6, 6.07) is 16.4. The molecule has 0 N–H and O–H groups in total. The molecule has 2 aromatic carbocycles. The first kappa shape index (κ1) is 20.2. The highest BCUT2D eigenvalue weighted by Gasteiger charge is 2.15. The summed E-state index contributed by atoms with van der Waals surface area (Å²) in [6.07, 6.45) is 2.25. The minimum Gasteiger partial charge on any atom is -0.466 e. The third-order valence-corrected chi connectivity index (χ3v) is 3.70. The van der Waals surface area contributed by atoms with Crippen molar-refractivity contribution in [1.29, 1.82) is 0 Å². The van der Waals surface area contributed by atoms with Gasteiger partial charge in [0, 0.05) is 37.9 Å². The normalized spacial score (nSPS) is 11.0. The van der Waals surface area contributed by atoms with Gasteiger partial charge >= 0.3 is 5.97 Å². The first-order valence-electron chi connectivity index (χ1n) is 8.90. The van der Waals surface area contributed by atoms with Crippen LogP contribution in [-0.2, 0) is 9.53 Å². The first-order valence-corrected chi connectivity index (χ1v) is 8.90. The van der Waals surface area contributed by atoms with Crippen molar-refractivity contribution in [2.45, 2.75) is 19.8 Å². The number of ether oxygens (including phenoxy) is 2. The molecule has 27 heavy (non-hydrogen) atoms. The molecule has 0 spiro atoms. The molecule has 0 heterocycles. The van der Waals surface area contributed by atoms with Gasteiger partial charge in [-0.25, -0.2) is 0 Å². The van der Waals surface area contributed by atoms with E-state index < -0.39 is 0 Å². The minimum absolute atomic E-state index is 0.112. The van der Waals surface area contributed by atoms with Crippen molar-refractivity contribution in [3.05, 3.63) is 71.9 Å². The number of esters is 1. The van der Waals surface area contributed by atoms with E-state index in [0.29, 0.717) is 29.9 Å². The fourth-order valence-electron chi connectivity index (χ4n) is 2.50. The summed E-state index contributed by atoms with van der Waals surface area (Å²) in [7, 11) is 3.68. The fourth-order valence-corrected chi connectivity index (χ4v) is 2.50. The van der Waals surface area contributed by atoms with Crippen LogP contribution in [0.1, 0.15) is 30.1 Å². The van der Waals surface area contributed by atoms with Gasteiger partial charge in [0.05, 0.1) is 6.61 Å². The Kier molecular flexibility index (Phi) is 7.62. The fraction of sp³-hybridized carbons (Fsp3) is 0.273. The van der Waals surface area contributed by atoms with Gasteiger partial charge in [-0.05, 0) is 49.7 Å². The zero-order chi connectivity index (χ0) is 19.6. The molecule has 0 aromatic heterocycles. The van der Waals surface area contributed by atoms with Crippen molar-refractivity contribution in [1.82, 2.24) is 4.90 Å². The van der Waals surface area contributed by atoms with Gasteiger partial charge in [-0.2, -0.15) is 0 Å². The maximum Gasteiger partial charge on any atom is 0.306 e. The van der Waals surface area contributed by atoms with E-state index in [-0.39, 0.29) is 18.2 Å². The van der Waals surface area contributed by atoms with Crippen LogP contribution in [0.5, 0.6) is 11.5 Å². The van der Waals surface area contributed by atoms with Gasteiger partial charge in [0.1, 0.15) is 11.5 Å². The topological polar surface area (TPSA) is 55.8 Å². The Bertz CT molecular complexity index is 780. The average Bonchev–Trinajstić information content (AvgIpc) is 2.66. The molecule has 2 rings (SSSR count). The molecular weight excluding hydrogens is 342 g/mol. The maximum absolute atomic E-state index is 12.8. The summed E-state index contributed by atoms with van der Waals surface area (Å²) < 4.78 is 10.7. The van der Waals surface area contributed by atoms with Crippen molar-refractivity contribution in [3.8, 4) is 11.5 Å². The lowest BCUT2D eigenvalue weighted by atomic mass is 10.00. The maximum atomic E-state index is 12.8. The zero-order valence-corrected chi connectivity index (χ0v) is 16.0. The number of benzene rings is 2. The summed E-state index contributed by atoms with van der Waals surface area (Å²) in [5, 5.41) is 0. The van der Waals surface area contributed by atoms with Gasteiger partial charge < -0.3 is 14.4 Å². The molecule has 0 atom stereocenters. The Morgan fingerprint density at radius 2 is 1.56 bits per heavy atom. The molecule has 2 aromatic rings. The van der Waals surface area contributed by atoms with Crippen molar-refractivity contribution in [2.75, 3.05) is 20.7 Å². The largest absolute Gasteiger partial charge is 0.466 e. The lowest BCUT2D eigenvalue weighted by Gasteiger charge is -2.12. The molecule has 0 saturated carbocycles. The van der Waals surface area contributed by atoms with Crippen molar-refractivity contribution in [2.24, 2.45) is 0 Å². The summed E-state index contributed by atoms with van der Waals surface area (Å²) >= 11 is 0. The summed E-state index contributed by atoms with van der Waals surface area (Å²) in [5.41, 5.74) is 1.11. The SMILES string of the molecule is CCOC(=O)CC/C(=C\N(C)C)C(=O)c1ccc(Oc2ccccc2)cc1. The monoisotopic (exact) mass is 367 g/mol. The number of hydrogen-bond acceptors (Lipinski definition) is 5. The number of para-hydroxylation sites is 1. The van der Waals surface area contributed by atoms with E-state index in [2.05, 4.69) is 0 Å².